The fraction of sp³-hybridized carbons (Fsp3) is 0.125. The molecule has 0 radical (unpaired) electrons. The first kappa shape index (κ1) is 10.1. The van der Waals surface area contributed by atoms with Gasteiger partial charge in [-0.15, -0.1) is 0 Å². The summed E-state index contributed by atoms with van der Waals surface area (Å²) in [4.78, 5) is 20.1. The van der Waals surface area contributed by atoms with Gasteiger partial charge in [-0.3, -0.25) is 14.9 Å². The SMILES string of the molecule is CC(=O)c1cc(O)c([N+](=O)[O-])cc1F. The highest BCUT2D eigenvalue weighted by Gasteiger charge is 2.19. The lowest BCUT2D eigenvalue weighted by molar-refractivity contribution is -0.386. The van der Waals surface area contributed by atoms with Crippen molar-refractivity contribution in [2.45, 2.75) is 6.92 Å². The molecule has 0 aliphatic heterocycles. The second kappa shape index (κ2) is 3.41. The zero-order valence-corrected chi connectivity index (χ0v) is 7.15. The summed E-state index contributed by atoms with van der Waals surface area (Å²) in [5.74, 6) is -2.34. The zero-order valence-electron chi connectivity index (χ0n) is 7.15. The minimum Gasteiger partial charge on any atom is -0.502 e. The molecule has 0 aromatic heterocycles. The van der Waals surface area contributed by atoms with Crippen LogP contribution in [-0.4, -0.2) is 15.8 Å². The van der Waals surface area contributed by atoms with E-state index in [1.807, 2.05) is 0 Å². The molecule has 0 bridgehead atoms. The Hall–Kier alpha value is -1.98. The van der Waals surface area contributed by atoms with Crippen LogP contribution in [0.15, 0.2) is 12.1 Å². The number of benzene rings is 1. The Kier molecular flexibility index (Phi) is 2.46. The molecular weight excluding hydrogens is 193 g/mol. The highest BCUT2D eigenvalue weighted by atomic mass is 19.1. The van der Waals surface area contributed by atoms with Crippen molar-refractivity contribution in [2.24, 2.45) is 0 Å². The summed E-state index contributed by atoms with van der Waals surface area (Å²) in [6.45, 7) is 1.10. The van der Waals surface area contributed by atoms with E-state index >= 15 is 0 Å². The lowest BCUT2D eigenvalue weighted by Crippen LogP contribution is -1.99. The average Bonchev–Trinajstić information content (AvgIpc) is 2.07. The van der Waals surface area contributed by atoms with Crippen molar-refractivity contribution in [1.82, 2.24) is 0 Å². The number of Topliss-reactive ketones (excluding diaryl/α,β-unsaturated/α-hetero) is 1. The molecule has 0 amide bonds. The summed E-state index contributed by atoms with van der Waals surface area (Å²) in [6.07, 6.45) is 0. The molecule has 0 aliphatic carbocycles. The Labute approximate surface area is 77.9 Å². The molecule has 1 rings (SSSR count). The summed E-state index contributed by atoms with van der Waals surface area (Å²) in [7, 11) is 0. The third-order valence-corrected chi connectivity index (χ3v) is 1.64. The quantitative estimate of drug-likeness (QED) is 0.446. The summed E-state index contributed by atoms with van der Waals surface area (Å²) in [6, 6.07) is 1.27. The van der Waals surface area contributed by atoms with E-state index in [0.29, 0.717) is 6.07 Å². The van der Waals surface area contributed by atoms with E-state index in [0.717, 1.165) is 13.0 Å². The summed E-state index contributed by atoms with van der Waals surface area (Å²) >= 11 is 0. The number of nitrogens with zero attached hydrogens (tertiary/aromatic N) is 1. The average molecular weight is 199 g/mol. The van der Waals surface area contributed by atoms with Gasteiger partial charge in [-0.1, -0.05) is 0 Å². The van der Waals surface area contributed by atoms with Crippen LogP contribution >= 0.6 is 0 Å². The summed E-state index contributed by atoms with van der Waals surface area (Å²) in [5.41, 5.74) is -1.12. The highest BCUT2D eigenvalue weighted by molar-refractivity contribution is 5.95. The van der Waals surface area contributed by atoms with Crippen molar-refractivity contribution in [1.29, 1.82) is 0 Å². The number of aromatic hydroxyl groups is 1. The largest absolute Gasteiger partial charge is 0.502 e. The molecule has 0 saturated carbocycles. The number of nitro benzene ring substituents is 1. The van der Waals surface area contributed by atoms with Crippen molar-refractivity contribution >= 4 is 11.5 Å². The Bertz CT molecular complexity index is 376. The van der Waals surface area contributed by atoms with Crippen molar-refractivity contribution in [3.8, 4) is 5.75 Å². The van der Waals surface area contributed by atoms with Crippen LogP contribution in [0.1, 0.15) is 17.3 Å². The molecule has 0 fully saturated rings. The molecule has 0 heterocycles. The molecule has 0 aliphatic rings. The molecule has 0 atom stereocenters. The van der Waals surface area contributed by atoms with Gasteiger partial charge in [-0.05, 0) is 6.92 Å². The topological polar surface area (TPSA) is 80.4 Å². The van der Waals surface area contributed by atoms with Crippen molar-refractivity contribution in [2.75, 3.05) is 0 Å². The van der Waals surface area contributed by atoms with Gasteiger partial charge in [0.15, 0.2) is 11.5 Å². The van der Waals surface area contributed by atoms with Crippen molar-refractivity contribution in [3.05, 3.63) is 33.6 Å². The maximum Gasteiger partial charge on any atom is 0.313 e. The number of nitro groups is 1. The molecule has 1 aromatic rings. The van der Waals surface area contributed by atoms with E-state index in [1.165, 1.54) is 0 Å². The first-order valence-corrected chi connectivity index (χ1v) is 3.61. The lowest BCUT2D eigenvalue weighted by Gasteiger charge is -2.00. The fourth-order valence-electron chi connectivity index (χ4n) is 0.967. The zero-order chi connectivity index (χ0) is 10.9. The van der Waals surface area contributed by atoms with E-state index in [1.54, 1.807) is 0 Å². The van der Waals surface area contributed by atoms with E-state index in [-0.39, 0.29) is 5.56 Å². The second-order valence-corrected chi connectivity index (χ2v) is 2.63. The van der Waals surface area contributed by atoms with E-state index in [4.69, 9.17) is 5.11 Å². The third kappa shape index (κ3) is 1.68. The van der Waals surface area contributed by atoms with Gasteiger partial charge in [0.1, 0.15) is 5.82 Å². The molecular formula is C8H6FNO4. The molecule has 1 aromatic carbocycles. The predicted molar refractivity (Wildman–Crippen MR) is 44.7 cm³/mol. The molecule has 1 N–H and O–H groups in total. The second-order valence-electron chi connectivity index (χ2n) is 2.63. The van der Waals surface area contributed by atoms with Crippen LogP contribution in [-0.2, 0) is 0 Å². The van der Waals surface area contributed by atoms with Gasteiger partial charge in [0.2, 0.25) is 0 Å². The summed E-state index contributed by atoms with van der Waals surface area (Å²) < 4.78 is 13.0. The van der Waals surface area contributed by atoms with Gasteiger partial charge in [0, 0.05) is 6.07 Å². The van der Waals surface area contributed by atoms with Crippen LogP contribution in [0, 0.1) is 15.9 Å². The van der Waals surface area contributed by atoms with Gasteiger partial charge in [-0.2, -0.15) is 0 Å². The standard InChI is InChI=1S/C8H6FNO4/c1-4(11)5-2-8(12)7(10(13)14)3-6(5)9/h2-3,12H,1H3. The maximum atomic E-state index is 13.0. The Morgan fingerprint density at radius 3 is 2.57 bits per heavy atom. The van der Waals surface area contributed by atoms with E-state index < -0.39 is 28.0 Å². The number of hydrogen-bond donors (Lipinski definition) is 1. The molecule has 5 nitrogen and oxygen atoms in total. The molecule has 14 heavy (non-hydrogen) atoms. The Morgan fingerprint density at radius 2 is 2.14 bits per heavy atom. The van der Waals surface area contributed by atoms with E-state index in [2.05, 4.69) is 0 Å². The van der Waals surface area contributed by atoms with Crippen LogP contribution in [0.4, 0.5) is 10.1 Å². The number of halogens is 1. The number of rotatable bonds is 2. The molecule has 74 valence electrons. The number of phenolic OH excluding ortho intramolecular Hbond substituents is 1. The first-order valence-electron chi connectivity index (χ1n) is 3.61. The fourth-order valence-corrected chi connectivity index (χ4v) is 0.967. The van der Waals surface area contributed by atoms with Gasteiger partial charge in [0.05, 0.1) is 16.6 Å². The first-order chi connectivity index (χ1) is 6.43. The van der Waals surface area contributed by atoms with Crippen LogP contribution in [0.25, 0.3) is 0 Å². The van der Waals surface area contributed by atoms with Crippen LogP contribution in [0.3, 0.4) is 0 Å². The van der Waals surface area contributed by atoms with Gasteiger partial charge in [-0.25, -0.2) is 4.39 Å². The molecule has 0 saturated heterocycles. The third-order valence-electron chi connectivity index (χ3n) is 1.64. The number of ketones is 1. The monoisotopic (exact) mass is 199 g/mol. The van der Waals surface area contributed by atoms with Gasteiger partial charge >= 0.3 is 5.69 Å². The number of hydrogen-bond acceptors (Lipinski definition) is 4. The molecule has 0 spiro atoms. The number of phenols is 1. The Morgan fingerprint density at radius 1 is 1.57 bits per heavy atom. The minimum atomic E-state index is -1.01. The minimum absolute atomic E-state index is 0.367. The maximum absolute atomic E-state index is 13.0. The van der Waals surface area contributed by atoms with Crippen LogP contribution in [0.5, 0.6) is 5.75 Å². The van der Waals surface area contributed by atoms with Crippen molar-refractivity contribution < 1.29 is 19.2 Å². The van der Waals surface area contributed by atoms with E-state index in [9.17, 15) is 19.3 Å². The summed E-state index contributed by atoms with van der Waals surface area (Å²) in [5, 5.41) is 19.3. The Balaban J connectivity index is 3.38. The van der Waals surface area contributed by atoms with Crippen molar-refractivity contribution in [3.63, 3.8) is 0 Å². The number of carbonyl (C=O) groups is 1. The number of carbonyl (C=O) groups excluding carboxylic acids is 1. The lowest BCUT2D eigenvalue weighted by atomic mass is 10.1. The smallest absolute Gasteiger partial charge is 0.313 e. The molecule has 0 unspecified atom stereocenters. The molecule has 6 heteroatoms. The normalized spacial score (nSPS) is 9.86. The van der Waals surface area contributed by atoms with Crippen LogP contribution in [0.2, 0.25) is 0 Å². The highest BCUT2D eigenvalue weighted by Crippen LogP contribution is 2.28. The predicted octanol–water partition coefficient (Wildman–Crippen LogP) is 1.64. The van der Waals surface area contributed by atoms with Gasteiger partial charge in [0.25, 0.3) is 0 Å². The van der Waals surface area contributed by atoms with Crippen LogP contribution < -0.4 is 0 Å². The van der Waals surface area contributed by atoms with Gasteiger partial charge < -0.3 is 5.11 Å².